The third-order valence-corrected chi connectivity index (χ3v) is 3.87. The van der Waals surface area contributed by atoms with Crippen LogP contribution in [0.2, 0.25) is 0 Å². The molecule has 17 heavy (non-hydrogen) atoms. The highest BCUT2D eigenvalue weighted by Crippen LogP contribution is 2.35. The average molecular weight is 239 g/mol. The minimum Gasteiger partial charge on any atom is -0.444 e. The van der Waals surface area contributed by atoms with Crippen LogP contribution in [0.3, 0.4) is 0 Å². The van der Waals surface area contributed by atoms with Crippen molar-refractivity contribution < 1.29 is 9.53 Å². The first-order valence-corrected chi connectivity index (χ1v) is 6.97. The molecule has 3 nitrogen and oxygen atoms in total. The molecule has 2 rings (SSSR count). The molecule has 1 aliphatic carbocycles. The largest absolute Gasteiger partial charge is 0.444 e. The summed E-state index contributed by atoms with van der Waals surface area (Å²) in [6.45, 7) is 6.70. The predicted molar refractivity (Wildman–Crippen MR) is 67.9 cm³/mol. The third kappa shape index (κ3) is 3.14. The lowest BCUT2D eigenvalue weighted by molar-refractivity contribution is -0.00725. The Hall–Kier alpha value is -0.730. The fourth-order valence-corrected chi connectivity index (χ4v) is 3.17. The van der Waals surface area contributed by atoms with Crippen LogP contribution in [0.1, 0.15) is 59.3 Å². The van der Waals surface area contributed by atoms with E-state index in [1.807, 2.05) is 25.7 Å². The van der Waals surface area contributed by atoms with Crippen LogP contribution in [0.4, 0.5) is 4.79 Å². The zero-order valence-corrected chi connectivity index (χ0v) is 11.4. The first kappa shape index (κ1) is 12.7. The molecule has 0 unspecified atom stereocenters. The van der Waals surface area contributed by atoms with E-state index in [1.54, 1.807) is 0 Å². The number of fused-ring (bicyclic) bond motifs is 1. The number of ether oxygens (including phenoxy) is 1. The first-order valence-electron chi connectivity index (χ1n) is 6.97. The Balaban J connectivity index is 2.01. The van der Waals surface area contributed by atoms with Crippen molar-refractivity contribution in [2.24, 2.45) is 5.92 Å². The Bertz CT molecular complexity index is 280. The van der Waals surface area contributed by atoms with Crippen molar-refractivity contribution in [3.05, 3.63) is 0 Å². The van der Waals surface area contributed by atoms with Crippen molar-refractivity contribution in [2.75, 3.05) is 6.54 Å². The Kier molecular flexibility index (Phi) is 3.64. The maximum Gasteiger partial charge on any atom is 0.410 e. The maximum absolute atomic E-state index is 12.2. The number of piperidine rings is 1. The Morgan fingerprint density at radius 2 is 1.76 bits per heavy atom. The summed E-state index contributed by atoms with van der Waals surface area (Å²) in [5.41, 5.74) is -0.376. The van der Waals surface area contributed by atoms with Gasteiger partial charge < -0.3 is 9.64 Å². The number of hydrogen-bond acceptors (Lipinski definition) is 2. The summed E-state index contributed by atoms with van der Waals surface area (Å²) in [4.78, 5) is 14.2. The summed E-state index contributed by atoms with van der Waals surface area (Å²) >= 11 is 0. The van der Waals surface area contributed by atoms with Gasteiger partial charge in [0.2, 0.25) is 0 Å². The van der Waals surface area contributed by atoms with Gasteiger partial charge in [-0.1, -0.05) is 12.8 Å². The molecule has 1 heterocycles. The molecule has 2 aliphatic rings. The molecule has 2 atom stereocenters. The first-order chi connectivity index (χ1) is 7.97. The van der Waals surface area contributed by atoms with Crippen LogP contribution in [0.5, 0.6) is 0 Å². The molecule has 1 saturated heterocycles. The minimum atomic E-state index is -0.376. The highest BCUT2D eigenvalue weighted by molar-refractivity contribution is 5.68. The fourth-order valence-electron chi connectivity index (χ4n) is 3.17. The lowest BCUT2D eigenvalue weighted by Crippen LogP contribution is -2.51. The molecule has 0 radical (unpaired) electrons. The summed E-state index contributed by atoms with van der Waals surface area (Å²) in [5, 5.41) is 0. The van der Waals surface area contributed by atoms with E-state index < -0.39 is 0 Å². The van der Waals surface area contributed by atoms with Gasteiger partial charge in [0.05, 0.1) is 0 Å². The monoisotopic (exact) mass is 239 g/mol. The zero-order valence-electron chi connectivity index (χ0n) is 11.4. The normalized spacial score (nSPS) is 29.7. The highest BCUT2D eigenvalue weighted by atomic mass is 16.6. The molecule has 1 amide bonds. The molecule has 0 N–H and O–H groups in total. The molecule has 3 heteroatoms. The number of nitrogens with zero attached hydrogens (tertiary/aromatic N) is 1. The summed E-state index contributed by atoms with van der Waals surface area (Å²) < 4.78 is 5.51. The molecular weight excluding hydrogens is 214 g/mol. The van der Waals surface area contributed by atoms with Crippen LogP contribution in [-0.4, -0.2) is 29.2 Å². The van der Waals surface area contributed by atoms with E-state index >= 15 is 0 Å². The van der Waals surface area contributed by atoms with Gasteiger partial charge in [-0.3, -0.25) is 0 Å². The second-order valence-electron chi connectivity index (χ2n) is 6.43. The second kappa shape index (κ2) is 4.87. The van der Waals surface area contributed by atoms with E-state index in [2.05, 4.69) is 0 Å². The van der Waals surface area contributed by atoms with Crippen LogP contribution in [0.25, 0.3) is 0 Å². The van der Waals surface area contributed by atoms with Gasteiger partial charge in [0.25, 0.3) is 0 Å². The van der Waals surface area contributed by atoms with Crippen LogP contribution >= 0.6 is 0 Å². The SMILES string of the molecule is CC(C)(C)OC(=O)N1CCC[C@@H]2CCCC[C@@H]21. The number of carbonyl (C=O) groups is 1. The van der Waals surface area contributed by atoms with Crippen LogP contribution in [-0.2, 0) is 4.74 Å². The molecule has 1 aliphatic heterocycles. The van der Waals surface area contributed by atoms with Gasteiger partial charge in [-0.05, 0) is 52.4 Å². The van der Waals surface area contributed by atoms with E-state index in [0.717, 1.165) is 18.9 Å². The molecule has 1 saturated carbocycles. The topological polar surface area (TPSA) is 29.5 Å². The number of hydrogen-bond donors (Lipinski definition) is 0. The van der Waals surface area contributed by atoms with Gasteiger partial charge in [0, 0.05) is 12.6 Å². The van der Waals surface area contributed by atoms with E-state index in [4.69, 9.17) is 4.74 Å². The van der Waals surface area contributed by atoms with Crippen molar-refractivity contribution in [1.29, 1.82) is 0 Å². The third-order valence-electron chi connectivity index (χ3n) is 3.87. The lowest BCUT2D eigenvalue weighted by Gasteiger charge is -2.44. The van der Waals surface area contributed by atoms with E-state index in [1.165, 1.54) is 32.1 Å². The van der Waals surface area contributed by atoms with Gasteiger partial charge in [-0.25, -0.2) is 4.79 Å². The number of rotatable bonds is 0. The zero-order chi connectivity index (χ0) is 12.5. The maximum atomic E-state index is 12.2. The van der Waals surface area contributed by atoms with Gasteiger partial charge in [0.1, 0.15) is 5.60 Å². The second-order valence-corrected chi connectivity index (χ2v) is 6.43. The number of amides is 1. The Morgan fingerprint density at radius 3 is 2.47 bits per heavy atom. The van der Waals surface area contributed by atoms with Crippen LogP contribution in [0.15, 0.2) is 0 Å². The molecule has 0 aromatic heterocycles. The highest BCUT2D eigenvalue weighted by Gasteiger charge is 2.37. The molecular formula is C14H25NO2. The van der Waals surface area contributed by atoms with Crippen molar-refractivity contribution in [3.63, 3.8) is 0 Å². The molecule has 98 valence electrons. The van der Waals surface area contributed by atoms with Crippen molar-refractivity contribution >= 4 is 6.09 Å². The number of carbonyl (C=O) groups excluding carboxylic acids is 1. The van der Waals surface area contributed by atoms with Crippen molar-refractivity contribution in [3.8, 4) is 0 Å². The van der Waals surface area contributed by atoms with Gasteiger partial charge in [-0.2, -0.15) is 0 Å². The predicted octanol–water partition coefficient (Wildman–Crippen LogP) is 3.58. The quantitative estimate of drug-likeness (QED) is 0.646. The summed E-state index contributed by atoms with van der Waals surface area (Å²) in [5.74, 6) is 0.727. The molecule has 0 aromatic carbocycles. The molecule has 0 aromatic rings. The van der Waals surface area contributed by atoms with Crippen LogP contribution in [0, 0.1) is 5.92 Å². The van der Waals surface area contributed by atoms with Gasteiger partial charge >= 0.3 is 6.09 Å². The van der Waals surface area contributed by atoms with Crippen molar-refractivity contribution in [1.82, 2.24) is 4.90 Å². The Labute approximate surface area is 105 Å². The van der Waals surface area contributed by atoms with Crippen molar-refractivity contribution in [2.45, 2.75) is 70.9 Å². The minimum absolute atomic E-state index is 0.103. The fraction of sp³-hybridized carbons (Fsp3) is 0.929. The van der Waals surface area contributed by atoms with Crippen LogP contribution < -0.4 is 0 Å². The number of likely N-dealkylation sites (tertiary alicyclic amines) is 1. The van der Waals surface area contributed by atoms with E-state index in [0.29, 0.717) is 6.04 Å². The van der Waals surface area contributed by atoms with E-state index in [-0.39, 0.29) is 11.7 Å². The smallest absolute Gasteiger partial charge is 0.410 e. The van der Waals surface area contributed by atoms with E-state index in [9.17, 15) is 4.79 Å². The average Bonchev–Trinajstić information content (AvgIpc) is 2.26. The molecule has 0 bridgehead atoms. The standard InChI is InChI=1S/C14H25NO2/c1-14(2,3)17-13(16)15-10-6-8-11-7-4-5-9-12(11)15/h11-12H,4-10H2,1-3H3/t11-,12-/m0/s1. The van der Waals surface area contributed by atoms with Gasteiger partial charge in [0.15, 0.2) is 0 Å². The summed E-state index contributed by atoms with van der Waals surface area (Å²) in [6, 6.07) is 0.451. The molecule has 2 fully saturated rings. The lowest BCUT2D eigenvalue weighted by atomic mass is 9.78. The Morgan fingerprint density at radius 1 is 1.12 bits per heavy atom. The summed E-state index contributed by atoms with van der Waals surface area (Å²) in [7, 11) is 0. The molecule has 0 spiro atoms. The van der Waals surface area contributed by atoms with Gasteiger partial charge in [-0.15, -0.1) is 0 Å². The summed E-state index contributed by atoms with van der Waals surface area (Å²) in [6.07, 6.45) is 7.40.